The van der Waals surface area contributed by atoms with Gasteiger partial charge in [-0.25, -0.2) is 0 Å². The van der Waals surface area contributed by atoms with Gasteiger partial charge in [0.05, 0.1) is 12.5 Å². The van der Waals surface area contributed by atoms with Gasteiger partial charge in [0.1, 0.15) is 0 Å². The zero-order chi connectivity index (χ0) is 14.4. The van der Waals surface area contributed by atoms with Crippen LogP contribution in [0.3, 0.4) is 0 Å². The van der Waals surface area contributed by atoms with Crippen LogP contribution in [0.15, 0.2) is 30.3 Å². The van der Waals surface area contributed by atoms with Gasteiger partial charge in [-0.05, 0) is 44.3 Å². The number of nitrogens with zero attached hydrogens (tertiary/aromatic N) is 1. The monoisotopic (exact) mass is 275 g/mol. The summed E-state index contributed by atoms with van der Waals surface area (Å²) in [7, 11) is 0. The third kappa shape index (κ3) is 4.07. The molecule has 110 valence electrons. The highest BCUT2D eigenvalue weighted by molar-refractivity contribution is 5.72. The highest BCUT2D eigenvalue weighted by Crippen LogP contribution is 2.22. The molecule has 1 heterocycles. The molecule has 0 radical (unpaired) electrons. The summed E-state index contributed by atoms with van der Waals surface area (Å²) < 4.78 is 5.11. The third-order valence-corrected chi connectivity index (χ3v) is 4.11. The van der Waals surface area contributed by atoms with Gasteiger partial charge in [-0.3, -0.25) is 4.79 Å². The molecular weight excluding hydrogens is 250 g/mol. The second kappa shape index (κ2) is 7.44. The van der Waals surface area contributed by atoms with E-state index in [9.17, 15) is 4.79 Å². The van der Waals surface area contributed by atoms with Crippen molar-refractivity contribution in [2.75, 3.05) is 26.2 Å². The van der Waals surface area contributed by atoms with E-state index in [1.165, 1.54) is 5.56 Å². The van der Waals surface area contributed by atoms with Crippen molar-refractivity contribution in [2.45, 2.75) is 32.6 Å². The van der Waals surface area contributed by atoms with Gasteiger partial charge in [-0.2, -0.15) is 0 Å². The lowest BCUT2D eigenvalue weighted by atomic mass is 9.95. The first-order valence-corrected chi connectivity index (χ1v) is 7.64. The molecule has 0 amide bonds. The number of hydrogen-bond acceptors (Lipinski definition) is 3. The molecule has 0 aliphatic carbocycles. The molecule has 1 aromatic rings. The van der Waals surface area contributed by atoms with E-state index in [0.717, 1.165) is 32.5 Å². The van der Waals surface area contributed by atoms with Crippen LogP contribution in [0, 0.1) is 5.92 Å². The molecule has 1 fully saturated rings. The summed E-state index contributed by atoms with van der Waals surface area (Å²) in [6.45, 7) is 7.70. The molecule has 1 aliphatic rings. The van der Waals surface area contributed by atoms with Crippen molar-refractivity contribution in [1.29, 1.82) is 0 Å². The highest BCUT2D eigenvalue weighted by Gasteiger charge is 2.26. The molecule has 1 saturated heterocycles. The van der Waals surface area contributed by atoms with E-state index >= 15 is 0 Å². The van der Waals surface area contributed by atoms with E-state index < -0.39 is 0 Å². The van der Waals surface area contributed by atoms with Crippen LogP contribution in [0.2, 0.25) is 0 Å². The Morgan fingerprint density at radius 1 is 1.30 bits per heavy atom. The Morgan fingerprint density at radius 3 is 2.55 bits per heavy atom. The zero-order valence-corrected chi connectivity index (χ0v) is 12.5. The molecule has 0 bridgehead atoms. The lowest BCUT2D eigenvalue weighted by molar-refractivity contribution is -0.149. The van der Waals surface area contributed by atoms with Gasteiger partial charge in [-0.1, -0.05) is 37.3 Å². The van der Waals surface area contributed by atoms with Crippen LogP contribution in [-0.4, -0.2) is 37.1 Å². The van der Waals surface area contributed by atoms with Crippen molar-refractivity contribution < 1.29 is 9.53 Å². The standard InChI is InChI=1S/C17H25NO2/c1-3-20-17(19)16-9-11-18(12-10-16)13-14(2)15-7-5-4-6-8-15/h4-8,14,16H,3,9-13H2,1-2H3/t14-/m0/s1. The second-order valence-electron chi connectivity index (χ2n) is 5.64. The van der Waals surface area contributed by atoms with Gasteiger partial charge >= 0.3 is 5.97 Å². The number of piperidine rings is 1. The number of esters is 1. The number of carbonyl (C=O) groups excluding carboxylic acids is 1. The predicted octanol–water partition coefficient (Wildman–Crippen LogP) is 3.07. The first-order chi connectivity index (χ1) is 9.70. The molecule has 1 aromatic carbocycles. The Balaban J connectivity index is 1.78. The topological polar surface area (TPSA) is 29.5 Å². The summed E-state index contributed by atoms with van der Waals surface area (Å²) in [5.74, 6) is 0.636. The molecule has 1 aliphatic heterocycles. The number of rotatable bonds is 5. The molecule has 0 N–H and O–H groups in total. The maximum Gasteiger partial charge on any atom is 0.309 e. The fourth-order valence-corrected chi connectivity index (χ4v) is 2.89. The Labute approximate surface area is 121 Å². The van der Waals surface area contributed by atoms with E-state index in [-0.39, 0.29) is 11.9 Å². The van der Waals surface area contributed by atoms with Crippen LogP contribution in [0.4, 0.5) is 0 Å². The number of benzene rings is 1. The van der Waals surface area contributed by atoms with Crippen molar-refractivity contribution in [3.63, 3.8) is 0 Å². The Kier molecular flexibility index (Phi) is 5.60. The minimum atomic E-state index is -0.0109. The molecule has 20 heavy (non-hydrogen) atoms. The largest absolute Gasteiger partial charge is 0.466 e. The molecule has 0 aromatic heterocycles. The van der Waals surface area contributed by atoms with Crippen molar-refractivity contribution in [3.8, 4) is 0 Å². The maximum absolute atomic E-state index is 11.7. The number of carbonyl (C=O) groups is 1. The van der Waals surface area contributed by atoms with E-state index in [1.54, 1.807) is 0 Å². The van der Waals surface area contributed by atoms with Crippen LogP contribution in [0.25, 0.3) is 0 Å². The minimum Gasteiger partial charge on any atom is -0.466 e. The average molecular weight is 275 g/mol. The lowest BCUT2D eigenvalue weighted by Gasteiger charge is -2.32. The van der Waals surface area contributed by atoms with Gasteiger partial charge in [-0.15, -0.1) is 0 Å². The molecule has 0 spiro atoms. The predicted molar refractivity (Wildman–Crippen MR) is 80.7 cm³/mol. The van der Waals surface area contributed by atoms with E-state index in [1.807, 2.05) is 6.92 Å². The zero-order valence-electron chi connectivity index (χ0n) is 12.5. The third-order valence-electron chi connectivity index (χ3n) is 4.11. The summed E-state index contributed by atoms with van der Waals surface area (Å²) in [6, 6.07) is 10.6. The van der Waals surface area contributed by atoms with Crippen LogP contribution in [-0.2, 0) is 9.53 Å². The normalized spacial score (nSPS) is 18.7. The molecule has 0 saturated carbocycles. The van der Waals surface area contributed by atoms with Gasteiger partial charge in [0.25, 0.3) is 0 Å². The van der Waals surface area contributed by atoms with E-state index in [4.69, 9.17) is 4.74 Å². The quantitative estimate of drug-likeness (QED) is 0.773. The molecule has 3 nitrogen and oxygen atoms in total. The fourth-order valence-electron chi connectivity index (χ4n) is 2.89. The van der Waals surface area contributed by atoms with Crippen LogP contribution >= 0.6 is 0 Å². The van der Waals surface area contributed by atoms with Crippen LogP contribution < -0.4 is 0 Å². The SMILES string of the molecule is CCOC(=O)C1CCN(C[C@H](C)c2ccccc2)CC1. The van der Waals surface area contributed by atoms with Crippen LogP contribution in [0.5, 0.6) is 0 Å². The summed E-state index contributed by atoms with van der Waals surface area (Å²) in [4.78, 5) is 14.2. The van der Waals surface area contributed by atoms with Crippen LogP contribution in [0.1, 0.15) is 38.2 Å². The average Bonchev–Trinajstić information content (AvgIpc) is 2.49. The Morgan fingerprint density at radius 2 is 1.95 bits per heavy atom. The highest BCUT2D eigenvalue weighted by atomic mass is 16.5. The van der Waals surface area contributed by atoms with Gasteiger partial charge in [0.15, 0.2) is 0 Å². The van der Waals surface area contributed by atoms with Crippen molar-refractivity contribution in [3.05, 3.63) is 35.9 Å². The second-order valence-corrected chi connectivity index (χ2v) is 5.64. The molecular formula is C17H25NO2. The maximum atomic E-state index is 11.7. The summed E-state index contributed by atoms with van der Waals surface area (Å²) >= 11 is 0. The van der Waals surface area contributed by atoms with Crippen molar-refractivity contribution in [1.82, 2.24) is 4.90 Å². The molecule has 2 rings (SSSR count). The first kappa shape index (κ1) is 15.0. The number of hydrogen-bond donors (Lipinski definition) is 0. The summed E-state index contributed by atoms with van der Waals surface area (Å²) in [5.41, 5.74) is 1.39. The smallest absolute Gasteiger partial charge is 0.309 e. The Bertz CT molecular complexity index is 410. The lowest BCUT2D eigenvalue weighted by Crippen LogP contribution is -2.38. The van der Waals surface area contributed by atoms with Crippen molar-refractivity contribution in [2.24, 2.45) is 5.92 Å². The summed E-state index contributed by atoms with van der Waals surface area (Å²) in [5, 5.41) is 0. The molecule has 0 unspecified atom stereocenters. The molecule has 1 atom stereocenters. The minimum absolute atomic E-state index is 0.0109. The fraction of sp³-hybridized carbons (Fsp3) is 0.588. The van der Waals surface area contributed by atoms with Gasteiger partial charge in [0, 0.05) is 6.54 Å². The summed E-state index contributed by atoms with van der Waals surface area (Å²) in [6.07, 6.45) is 1.86. The first-order valence-electron chi connectivity index (χ1n) is 7.64. The Hall–Kier alpha value is -1.35. The van der Waals surface area contributed by atoms with Gasteiger partial charge in [0.2, 0.25) is 0 Å². The van der Waals surface area contributed by atoms with E-state index in [0.29, 0.717) is 12.5 Å². The number of likely N-dealkylation sites (tertiary alicyclic amines) is 1. The van der Waals surface area contributed by atoms with Gasteiger partial charge < -0.3 is 9.64 Å². The number of ether oxygens (including phenoxy) is 1. The van der Waals surface area contributed by atoms with E-state index in [2.05, 4.69) is 42.2 Å². The van der Waals surface area contributed by atoms with Crippen molar-refractivity contribution >= 4 is 5.97 Å². The molecule has 3 heteroatoms.